The molecule has 1 aliphatic rings. The van der Waals surface area contributed by atoms with E-state index >= 15 is 0 Å². The minimum absolute atomic E-state index is 0.200. The van der Waals surface area contributed by atoms with Crippen LogP contribution in [0.25, 0.3) is 0 Å². The number of nitrogens with zero attached hydrogens (tertiary/aromatic N) is 2. The summed E-state index contributed by atoms with van der Waals surface area (Å²) in [6.45, 7) is -0.0506. The van der Waals surface area contributed by atoms with Gasteiger partial charge in [-0.2, -0.15) is 18.3 Å². The van der Waals surface area contributed by atoms with Gasteiger partial charge in [0.25, 0.3) is 0 Å². The van der Waals surface area contributed by atoms with Crippen molar-refractivity contribution in [3.05, 3.63) is 50.8 Å². The van der Waals surface area contributed by atoms with Crippen LogP contribution in [-0.2, 0) is 36.9 Å². The first-order valence-corrected chi connectivity index (χ1v) is 8.87. The van der Waals surface area contributed by atoms with Gasteiger partial charge in [-0.3, -0.25) is 9.48 Å². The molecule has 4 nitrogen and oxygen atoms in total. The van der Waals surface area contributed by atoms with Crippen molar-refractivity contribution in [3.8, 4) is 0 Å². The van der Waals surface area contributed by atoms with Crippen molar-refractivity contribution >= 4 is 29.1 Å². The molecular weight excluding hydrogens is 390 g/mol. The van der Waals surface area contributed by atoms with Crippen LogP contribution in [-0.4, -0.2) is 15.7 Å². The van der Waals surface area contributed by atoms with Gasteiger partial charge < -0.3 is 5.32 Å². The summed E-state index contributed by atoms with van der Waals surface area (Å²) in [6.07, 6.45) is -2.18. The molecule has 9 heteroatoms. The summed E-state index contributed by atoms with van der Waals surface area (Å²) in [5, 5.41) is 7.12. The van der Waals surface area contributed by atoms with Crippen molar-refractivity contribution in [2.24, 2.45) is 0 Å². The van der Waals surface area contributed by atoms with E-state index in [0.717, 1.165) is 12.0 Å². The van der Waals surface area contributed by atoms with Crippen LogP contribution in [0, 0.1) is 0 Å². The van der Waals surface area contributed by atoms with Gasteiger partial charge in [-0.05, 0) is 43.4 Å². The smallest absolute Gasteiger partial charge is 0.350 e. The average Bonchev–Trinajstić information content (AvgIpc) is 2.95. The predicted octanol–water partition coefficient (Wildman–Crippen LogP) is 4.40. The van der Waals surface area contributed by atoms with Crippen LogP contribution in [0.15, 0.2) is 18.2 Å². The Labute approximate surface area is 158 Å². The van der Waals surface area contributed by atoms with Crippen LogP contribution >= 0.6 is 23.2 Å². The minimum Gasteiger partial charge on any atom is -0.350 e. The molecule has 1 aromatic heterocycles. The van der Waals surface area contributed by atoms with E-state index in [2.05, 4.69) is 10.4 Å². The Balaban J connectivity index is 1.71. The van der Waals surface area contributed by atoms with E-state index in [9.17, 15) is 18.0 Å². The van der Waals surface area contributed by atoms with Crippen molar-refractivity contribution in [1.82, 2.24) is 15.1 Å². The fraction of sp³-hybridized carbons (Fsp3) is 0.412. The lowest BCUT2D eigenvalue weighted by molar-refractivity contribution is -0.142. The number of halogens is 5. The van der Waals surface area contributed by atoms with Crippen LogP contribution in [0.5, 0.6) is 0 Å². The third-order valence-electron chi connectivity index (χ3n) is 4.29. The maximum absolute atomic E-state index is 13.2. The predicted molar refractivity (Wildman–Crippen MR) is 92.2 cm³/mol. The minimum atomic E-state index is -4.51. The molecule has 0 radical (unpaired) electrons. The molecule has 1 amide bonds. The highest BCUT2D eigenvalue weighted by molar-refractivity contribution is 6.42. The third kappa shape index (κ3) is 4.15. The van der Waals surface area contributed by atoms with Crippen molar-refractivity contribution in [2.75, 3.05) is 0 Å². The number of aromatic nitrogens is 2. The number of hydrogen-bond acceptors (Lipinski definition) is 2. The molecule has 0 aliphatic heterocycles. The molecule has 1 aromatic carbocycles. The van der Waals surface area contributed by atoms with Crippen LogP contribution in [0.3, 0.4) is 0 Å². The maximum atomic E-state index is 13.2. The molecule has 140 valence electrons. The number of fused-ring (bicyclic) bond motifs is 1. The quantitative estimate of drug-likeness (QED) is 0.818. The molecule has 0 fully saturated rings. The van der Waals surface area contributed by atoms with Crippen LogP contribution in [0.1, 0.15) is 35.4 Å². The SMILES string of the molecule is O=C(Cn1nc(C(F)(F)F)c2c1CCCC2)NCc1ccc(Cl)c(Cl)c1. The van der Waals surface area contributed by atoms with Gasteiger partial charge in [0, 0.05) is 17.8 Å². The van der Waals surface area contributed by atoms with E-state index in [1.807, 2.05) is 0 Å². The Kier molecular flexibility index (Phi) is 5.48. The standard InChI is InChI=1S/C17H16Cl2F3N3O/c18-12-6-5-10(7-13(12)19)8-23-15(26)9-25-14-4-2-1-3-11(14)16(24-25)17(20,21)22/h5-7H,1-4,8-9H2,(H,23,26). The lowest BCUT2D eigenvalue weighted by atomic mass is 9.95. The Morgan fingerprint density at radius 3 is 2.62 bits per heavy atom. The van der Waals surface area contributed by atoms with E-state index in [1.54, 1.807) is 18.2 Å². The van der Waals surface area contributed by atoms with Gasteiger partial charge in [0.1, 0.15) is 6.54 Å². The average molecular weight is 406 g/mol. The second-order valence-electron chi connectivity index (χ2n) is 6.16. The largest absolute Gasteiger partial charge is 0.435 e. The van der Waals surface area contributed by atoms with Gasteiger partial charge >= 0.3 is 6.18 Å². The number of amides is 1. The summed E-state index contributed by atoms with van der Waals surface area (Å²) in [7, 11) is 0. The Morgan fingerprint density at radius 2 is 1.92 bits per heavy atom. The monoisotopic (exact) mass is 405 g/mol. The van der Waals surface area contributed by atoms with E-state index in [-0.39, 0.29) is 18.7 Å². The highest BCUT2D eigenvalue weighted by atomic mass is 35.5. The van der Waals surface area contributed by atoms with E-state index in [0.29, 0.717) is 35.0 Å². The van der Waals surface area contributed by atoms with Gasteiger partial charge in [-0.25, -0.2) is 0 Å². The molecule has 3 rings (SSSR count). The zero-order chi connectivity index (χ0) is 18.9. The zero-order valence-corrected chi connectivity index (χ0v) is 15.2. The van der Waals surface area contributed by atoms with Crippen LogP contribution in [0.2, 0.25) is 10.0 Å². The molecule has 1 aliphatic carbocycles. The van der Waals surface area contributed by atoms with Crippen molar-refractivity contribution < 1.29 is 18.0 Å². The Bertz CT molecular complexity index is 833. The molecular formula is C17H16Cl2F3N3O. The summed E-state index contributed by atoms with van der Waals surface area (Å²) in [4.78, 5) is 12.2. The molecule has 2 aromatic rings. The molecule has 26 heavy (non-hydrogen) atoms. The topological polar surface area (TPSA) is 46.9 Å². The normalized spacial score (nSPS) is 14.2. The maximum Gasteiger partial charge on any atom is 0.435 e. The molecule has 0 saturated heterocycles. The number of alkyl halides is 3. The number of carbonyl (C=O) groups excluding carboxylic acids is 1. The first-order chi connectivity index (χ1) is 12.3. The summed E-state index contributed by atoms with van der Waals surface area (Å²) >= 11 is 11.8. The van der Waals surface area contributed by atoms with Crippen LogP contribution in [0.4, 0.5) is 13.2 Å². The van der Waals surface area contributed by atoms with Crippen molar-refractivity contribution in [1.29, 1.82) is 0 Å². The molecule has 1 N–H and O–H groups in total. The molecule has 0 saturated carbocycles. The zero-order valence-electron chi connectivity index (χ0n) is 13.7. The first-order valence-electron chi connectivity index (χ1n) is 8.12. The highest BCUT2D eigenvalue weighted by Crippen LogP contribution is 2.35. The number of hydrogen-bond donors (Lipinski definition) is 1. The molecule has 0 spiro atoms. The summed E-state index contributed by atoms with van der Waals surface area (Å²) in [5.41, 5.74) is 0.602. The molecule has 0 atom stereocenters. The summed E-state index contributed by atoms with van der Waals surface area (Å²) in [6, 6.07) is 4.96. The molecule has 1 heterocycles. The lowest BCUT2D eigenvalue weighted by Crippen LogP contribution is -2.28. The first kappa shape index (κ1) is 19.0. The summed E-state index contributed by atoms with van der Waals surface area (Å²) < 4.78 is 40.7. The van der Waals surface area contributed by atoms with Gasteiger partial charge in [-0.15, -0.1) is 0 Å². The van der Waals surface area contributed by atoms with Crippen molar-refractivity contribution in [2.45, 2.75) is 44.9 Å². The number of carbonyl (C=O) groups is 1. The fourth-order valence-corrected chi connectivity index (χ4v) is 3.39. The van der Waals surface area contributed by atoms with E-state index < -0.39 is 17.8 Å². The van der Waals surface area contributed by atoms with Crippen molar-refractivity contribution in [3.63, 3.8) is 0 Å². The summed E-state index contributed by atoms with van der Waals surface area (Å²) in [5.74, 6) is -0.416. The molecule has 0 bridgehead atoms. The lowest BCUT2D eigenvalue weighted by Gasteiger charge is -2.14. The number of rotatable bonds is 4. The number of benzene rings is 1. The Morgan fingerprint density at radius 1 is 1.19 bits per heavy atom. The van der Waals surface area contributed by atoms with E-state index in [4.69, 9.17) is 23.2 Å². The Hall–Kier alpha value is -1.73. The highest BCUT2D eigenvalue weighted by Gasteiger charge is 2.39. The third-order valence-corrected chi connectivity index (χ3v) is 5.03. The molecule has 0 unspecified atom stereocenters. The van der Waals surface area contributed by atoms with Gasteiger partial charge in [0.2, 0.25) is 5.91 Å². The van der Waals surface area contributed by atoms with Gasteiger partial charge in [-0.1, -0.05) is 29.3 Å². The second kappa shape index (κ2) is 7.48. The van der Waals surface area contributed by atoms with E-state index in [1.165, 1.54) is 4.68 Å². The van der Waals surface area contributed by atoms with Crippen LogP contribution < -0.4 is 5.32 Å². The van der Waals surface area contributed by atoms with Gasteiger partial charge in [0.05, 0.1) is 10.0 Å². The number of nitrogens with one attached hydrogen (secondary N) is 1. The van der Waals surface area contributed by atoms with Gasteiger partial charge in [0.15, 0.2) is 5.69 Å². The second-order valence-corrected chi connectivity index (χ2v) is 6.98. The fourth-order valence-electron chi connectivity index (χ4n) is 3.07.